The predicted molar refractivity (Wildman–Crippen MR) is 89.4 cm³/mol. The Morgan fingerprint density at radius 3 is 2.50 bits per heavy atom. The van der Waals surface area contributed by atoms with Gasteiger partial charge in [-0.1, -0.05) is 6.92 Å². The van der Waals surface area contributed by atoms with Gasteiger partial charge in [0.2, 0.25) is 0 Å². The van der Waals surface area contributed by atoms with Crippen LogP contribution in [0.25, 0.3) is 0 Å². The van der Waals surface area contributed by atoms with E-state index in [-0.39, 0.29) is 17.4 Å². The molecule has 1 atom stereocenters. The van der Waals surface area contributed by atoms with Gasteiger partial charge in [-0.25, -0.2) is 14.6 Å². The molecule has 0 saturated heterocycles. The molecule has 26 heavy (non-hydrogen) atoms. The molecule has 0 radical (unpaired) electrons. The van der Waals surface area contributed by atoms with E-state index in [9.17, 15) is 22.4 Å². The molecule has 0 spiro atoms. The zero-order valence-corrected chi connectivity index (χ0v) is 13.7. The number of hydrogen-bond acceptors (Lipinski definition) is 2. The van der Waals surface area contributed by atoms with E-state index >= 15 is 0 Å². The van der Waals surface area contributed by atoms with Crippen molar-refractivity contribution in [2.75, 3.05) is 5.32 Å². The van der Waals surface area contributed by atoms with Crippen LogP contribution >= 0.6 is 0 Å². The highest BCUT2D eigenvalue weighted by atomic mass is 19.4. The smallest absolute Gasteiger partial charge is 0.307 e. The molecule has 1 aliphatic carbocycles. The van der Waals surface area contributed by atoms with Crippen LogP contribution in [0.1, 0.15) is 23.6 Å². The van der Waals surface area contributed by atoms with Crippen LogP contribution in [0, 0.1) is 11.7 Å². The van der Waals surface area contributed by atoms with E-state index in [1.807, 2.05) is 6.92 Å². The van der Waals surface area contributed by atoms with E-state index in [4.69, 9.17) is 0 Å². The van der Waals surface area contributed by atoms with Gasteiger partial charge in [-0.3, -0.25) is 0 Å². The number of nitrogens with zero attached hydrogens (tertiary/aromatic N) is 1. The summed E-state index contributed by atoms with van der Waals surface area (Å²) in [7, 11) is 0. The predicted octanol–water partition coefficient (Wildman–Crippen LogP) is 4.56. The molecule has 0 bridgehead atoms. The average Bonchev–Trinajstić information content (AvgIpc) is 2.87. The van der Waals surface area contributed by atoms with Crippen molar-refractivity contribution in [3.63, 3.8) is 0 Å². The molecule has 1 aliphatic rings. The van der Waals surface area contributed by atoms with Crippen LogP contribution in [0.2, 0.25) is 0 Å². The van der Waals surface area contributed by atoms with Crippen LogP contribution in [0.15, 0.2) is 47.6 Å². The molecule has 4 nitrogen and oxygen atoms in total. The zero-order chi connectivity index (χ0) is 18.9. The van der Waals surface area contributed by atoms with Crippen LogP contribution in [-0.4, -0.2) is 11.7 Å². The molecule has 2 aromatic carbocycles. The van der Waals surface area contributed by atoms with Gasteiger partial charge in [0.15, 0.2) is 0 Å². The molecule has 136 valence electrons. The number of anilines is 1. The Balaban J connectivity index is 1.67. The van der Waals surface area contributed by atoms with Crippen molar-refractivity contribution >= 4 is 17.4 Å². The summed E-state index contributed by atoms with van der Waals surface area (Å²) < 4.78 is 50.8. The number of hydrazone groups is 1. The van der Waals surface area contributed by atoms with Gasteiger partial charge in [0.05, 0.1) is 11.3 Å². The molecule has 2 N–H and O–H groups in total. The number of benzene rings is 2. The minimum Gasteiger partial charge on any atom is -0.307 e. The molecule has 1 unspecified atom stereocenters. The Kier molecular flexibility index (Phi) is 4.67. The van der Waals surface area contributed by atoms with Crippen LogP contribution in [0.4, 0.5) is 28.0 Å². The highest BCUT2D eigenvalue weighted by molar-refractivity contribution is 6.06. The fourth-order valence-electron chi connectivity index (χ4n) is 2.86. The molecule has 0 heterocycles. The Hall–Kier alpha value is -2.90. The normalized spacial score (nSPS) is 17.9. The van der Waals surface area contributed by atoms with Crippen molar-refractivity contribution in [3.05, 3.63) is 65.0 Å². The third-order valence-corrected chi connectivity index (χ3v) is 4.08. The second kappa shape index (κ2) is 6.78. The summed E-state index contributed by atoms with van der Waals surface area (Å²) in [4.78, 5) is 11.9. The number of rotatable bonds is 2. The molecular weight excluding hydrogens is 350 g/mol. The summed E-state index contributed by atoms with van der Waals surface area (Å²) in [6.45, 7) is 1.91. The number of halogens is 4. The first-order valence-electron chi connectivity index (χ1n) is 7.84. The summed E-state index contributed by atoms with van der Waals surface area (Å²) >= 11 is 0. The summed E-state index contributed by atoms with van der Waals surface area (Å²) in [5.74, 6) is -0.316. The first kappa shape index (κ1) is 17.9. The van der Waals surface area contributed by atoms with Gasteiger partial charge in [0, 0.05) is 17.2 Å². The van der Waals surface area contributed by atoms with Crippen LogP contribution in [0.5, 0.6) is 0 Å². The van der Waals surface area contributed by atoms with E-state index in [1.165, 1.54) is 12.1 Å². The summed E-state index contributed by atoms with van der Waals surface area (Å²) in [6.07, 6.45) is -3.81. The topological polar surface area (TPSA) is 53.5 Å². The fraction of sp³-hybridized carbons (Fsp3) is 0.222. The maximum Gasteiger partial charge on any atom is 0.416 e. The molecule has 2 amide bonds. The molecule has 0 aromatic heterocycles. The van der Waals surface area contributed by atoms with Gasteiger partial charge in [0.25, 0.3) is 0 Å². The van der Waals surface area contributed by atoms with Crippen molar-refractivity contribution in [3.8, 4) is 0 Å². The highest BCUT2D eigenvalue weighted by Gasteiger charge is 2.30. The summed E-state index contributed by atoms with van der Waals surface area (Å²) in [5.41, 5.74) is 3.95. The molecule has 0 aliphatic heterocycles. The third kappa shape index (κ3) is 3.84. The van der Waals surface area contributed by atoms with Crippen LogP contribution in [-0.2, 0) is 12.6 Å². The minimum atomic E-state index is -4.43. The second-order valence-electron chi connectivity index (χ2n) is 6.04. The molecular formula is C18H15F4N3O. The van der Waals surface area contributed by atoms with Crippen molar-refractivity contribution in [2.24, 2.45) is 11.0 Å². The quantitative estimate of drug-likeness (QED) is 0.595. The maximum atomic E-state index is 13.3. The lowest BCUT2D eigenvalue weighted by molar-refractivity contribution is -0.137. The van der Waals surface area contributed by atoms with Crippen LogP contribution in [0.3, 0.4) is 0 Å². The first-order chi connectivity index (χ1) is 12.2. The summed E-state index contributed by atoms with van der Waals surface area (Å²) in [6, 6.07) is 7.78. The van der Waals surface area contributed by atoms with E-state index in [0.717, 1.165) is 35.4 Å². The van der Waals surface area contributed by atoms with E-state index in [1.54, 1.807) is 6.07 Å². The fourth-order valence-corrected chi connectivity index (χ4v) is 2.86. The number of carbonyl (C=O) groups excluding carboxylic acids is 1. The monoisotopic (exact) mass is 365 g/mol. The van der Waals surface area contributed by atoms with Crippen molar-refractivity contribution in [1.82, 2.24) is 5.43 Å². The summed E-state index contributed by atoms with van der Waals surface area (Å²) in [5, 5.41) is 6.49. The van der Waals surface area contributed by atoms with Crippen molar-refractivity contribution < 1.29 is 22.4 Å². The number of urea groups is 1. The Labute approximate surface area is 146 Å². The Morgan fingerprint density at radius 1 is 1.15 bits per heavy atom. The molecule has 0 saturated carbocycles. The van der Waals surface area contributed by atoms with Gasteiger partial charge in [-0.15, -0.1) is 0 Å². The lowest BCUT2D eigenvalue weighted by Crippen LogP contribution is -2.26. The Morgan fingerprint density at radius 2 is 1.85 bits per heavy atom. The van der Waals surface area contributed by atoms with E-state index in [2.05, 4.69) is 15.8 Å². The Bertz CT molecular complexity index is 860. The van der Waals surface area contributed by atoms with Crippen molar-refractivity contribution in [1.29, 1.82) is 0 Å². The number of nitrogens with one attached hydrogen (secondary N) is 2. The first-order valence-corrected chi connectivity index (χ1v) is 7.84. The number of amides is 2. The average molecular weight is 365 g/mol. The van der Waals surface area contributed by atoms with Crippen molar-refractivity contribution in [2.45, 2.75) is 19.5 Å². The van der Waals surface area contributed by atoms with Gasteiger partial charge in [-0.05, 0) is 54.4 Å². The maximum absolute atomic E-state index is 13.3. The SMILES string of the molecule is CC1Cc2cc(F)ccc2C1=NNC(=O)Nc1ccc(C(F)(F)F)cc1. The molecule has 3 rings (SSSR count). The minimum absolute atomic E-state index is 0.0122. The third-order valence-electron chi connectivity index (χ3n) is 4.08. The van der Waals surface area contributed by atoms with Crippen LogP contribution < -0.4 is 10.7 Å². The second-order valence-corrected chi connectivity index (χ2v) is 6.04. The van der Waals surface area contributed by atoms with Gasteiger partial charge >= 0.3 is 12.2 Å². The van der Waals surface area contributed by atoms with E-state index in [0.29, 0.717) is 12.1 Å². The number of fused-ring (bicyclic) bond motifs is 1. The van der Waals surface area contributed by atoms with Gasteiger partial charge < -0.3 is 5.32 Å². The number of carbonyl (C=O) groups is 1. The van der Waals surface area contributed by atoms with Gasteiger partial charge in [0.1, 0.15) is 5.82 Å². The number of hydrogen-bond donors (Lipinski definition) is 2. The van der Waals surface area contributed by atoms with E-state index < -0.39 is 17.8 Å². The molecule has 0 fully saturated rings. The highest BCUT2D eigenvalue weighted by Crippen LogP contribution is 2.30. The largest absolute Gasteiger partial charge is 0.416 e. The molecule has 8 heteroatoms. The standard InChI is InChI=1S/C18H15F4N3O/c1-10-8-11-9-13(19)4-7-15(11)16(10)24-25-17(26)23-14-5-2-12(3-6-14)18(20,21)22/h2-7,9-10H,8H2,1H3,(H2,23,25,26). The molecule has 2 aromatic rings. The lowest BCUT2D eigenvalue weighted by Gasteiger charge is -2.09. The lowest BCUT2D eigenvalue weighted by atomic mass is 10.1. The zero-order valence-electron chi connectivity index (χ0n) is 13.7. The van der Waals surface area contributed by atoms with Gasteiger partial charge in [-0.2, -0.15) is 18.3 Å². The number of alkyl halides is 3.